The molecule has 0 saturated heterocycles. The monoisotopic (exact) mass is 670 g/mol. The summed E-state index contributed by atoms with van der Waals surface area (Å²) in [5.74, 6) is 0. The molecule has 0 spiro atoms. The molecule has 4 N–H and O–H groups in total. The fourth-order valence-corrected chi connectivity index (χ4v) is 4.55. The van der Waals surface area contributed by atoms with Crippen LogP contribution in [0.25, 0.3) is 32.9 Å². The maximum absolute atomic E-state index is 6.25. The first-order chi connectivity index (χ1) is 15.0. The lowest BCUT2D eigenvalue weighted by Gasteiger charge is -2.31. The molecule has 0 aliphatic rings. The fraction of sp³-hybridized carbons (Fsp3) is 0.296. The van der Waals surface area contributed by atoms with E-state index in [4.69, 9.17) is 11.5 Å². The molecule has 4 nitrogen and oxygen atoms in total. The summed E-state index contributed by atoms with van der Waals surface area (Å²) in [6.45, 7) is 8.93. The van der Waals surface area contributed by atoms with Crippen LogP contribution in [0.15, 0.2) is 66.7 Å². The summed E-state index contributed by atoms with van der Waals surface area (Å²) in [6, 6.07) is 23.1. The second-order valence-corrected chi connectivity index (χ2v) is 8.78. The van der Waals surface area contributed by atoms with Gasteiger partial charge in [0.1, 0.15) is 0 Å². The highest BCUT2D eigenvalue weighted by Crippen LogP contribution is 2.33. The van der Waals surface area contributed by atoms with Gasteiger partial charge in [0.2, 0.25) is 11.2 Å². The summed E-state index contributed by atoms with van der Waals surface area (Å²) in [5, 5.41) is 3.61. The molecule has 33 heavy (non-hydrogen) atoms. The minimum absolute atomic E-state index is 0. The van der Waals surface area contributed by atoms with Crippen molar-refractivity contribution in [3.05, 3.63) is 66.7 Å². The van der Waals surface area contributed by atoms with Crippen LogP contribution in [0.3, 0.4) is 0 Å². The Morgan fingerprint density at radius 2 is 1.36 bits per heavy atom. The van der Waals surface area contributed by atoms with Crippen LogP contribution in [0.5, 0.6) is 0 Å². The van der Waals surface area contributed by atoms with Gasteiger partial charge in [0.15, 0.2) is 6.54 Å². The number of aromatic nitrogens is 1. The molecule has 3 aromatic carbocycles. The second kappa shape index (κ2) is 11.7. The lowest BCUT2D eigenvalue weighted by Crippen LogP contribution is -2.46. The summed E-state index contributed by atoms with van der Waals surface area (Å²) in [4.78, 5) is 0. The van der Waals surface area contributed by atoms with E-state index in [1.165, 1.54) is 32.9 Å². The number of rotatable bonds is 7. The average Bonchev–Trinajstić information content (AvgIpc) is 2.79. The summed E-state index contributed by atoms with van der Waals surface area (Å²) in [5.41, 5.74) is 17.7. The fourth-order valence-electron chi connectivity index (χ4n) is 4.55. The zero-order chi connectivity index (χ0) is 22.0. The van der Waals surface area contributed by atoms with Gasteiger partial charge >= 0.3 is 0 Å². The number of nitrogen functional groups attached to an aromatic ring is 2. The highest BCUT2D eigenvalue weighted by atomic mass is 127. The Bertz CT molecular complexity index is 1220. The number of hydrogen-bond acceptors (Lipinski definition) is 2. The Kier molecular flexibility index (Phi) is 9.75. The maximum atomic E-state index is 6.25. The highest BCUT2D eigenvalue weighted by Gasteiger charge is 2.25. The normalized spacial score (nSPS) is 11.2. The van der Waals surface area contributed by atoms with Gasteiger partial charge in [-0.2, -0.15) is 4.57 Å². The topological polar surface area (TPSA) is 55.9 Å². The number of aryl methyl sites for hydroxylation is 1. The third kappa shape index (κ3) is 5.71. The predicted octanol–water partition coefficient (Wildman–Crippen LogP) is 6.22. The Labute approximate surface area is 231 Å². The molecular formula is C27H36I2N4+2. The van der Waals surface area contributed by atoms with Gasteiger partial charge in [0.25, 0.3) is 0 Å². The Morgan fingerprint density at radius 3 is 2.00 bits per heavy atom. The van der Waals surface area contributed by atoms with Gasteiger partial charge < -0.3 is 16.0 Å². The van der Waals surface area contributed by atoms with E-state index in [1.54, 1.807) is 0 Å². The van der Waals surface area contributed by atoms with Crippen molar-refractivity contribution in [3.63, 3.8) is 0 Å². The minimum atomic E-state index is 0. The smallest absolute Gasteiger partial charge is 0.220 e. The molecular weight excluding hydrogens is 634 g/mol. The van der Waals surface area contributed by atoms with Crippen LogP contribution < -0.4 is 16.0 Å². The Morgan fingerprint density at radius 1 is 0.758 bits per heavy atom. The lowest BCUT2D eigenvalue weighted by atomic mass is 9.98. The van der Waals surface area contributed by atoms with Crippen LogP contribution in [0.1, 0.15) is 20.3 Å². The highest BCUT2D eigenvalue weighted by molar-refractivity contribution is 14.0. The molecule has 0 aliphatic carbocycles. The molecule has 176 valence electrons. The van der Waals surface area contributed by atoms with E-state index in [0.29, 0.717) is 0 Å². The van der Waals surface area contributed by atoms with Crippen LogP contribution in [-0.4, -0.2) is 31.2 Å². The maximum Gasteiger partial charge on any atom is 0.220 e. The molecule has 0 fully saturated rings. The van der Waals surface area contributed by atoms with Crippen molar-refractivity contribution in [1.29, 1.82) is 0 Å². The van der Waals surface area contributed by atoms with E-state index in [2.05, 4.69) is 80.1 Å². The van der Waals surface area contributed by atoms with E-state index in [-0.39, 0.29) is 48.0 Å². The molecule has 1 aromatic heterocycles. The molecule has 0 amide bonds. The van der Waals surface area contributed by atoms with Crippen molar-refractivity contribution in [2.45, 2.75) is 26.8 Å². The van der Waals surface area contributed by atoms with Crippen LogP contribution in [0.2, 0.25) is 0 Å². The molecule has 6 heteroatoms. The van der Waals surface area contributed by atoms with Crippen LogP contribution in [-0.2, 0) is 6.54 Å². The van der Waals surface area contributed by atoms with Crippen molar-refractivity contribution < 1.29 is 9.05 Å². The number of quaternary nitrogens is 1. The Balaban J connectivity index is 0.00000193. The van der Waals surface area contributed by atoms with E-state index < -0.39 is 0 Å². The van der Waals surface area contributed by atoms with Crippen molar-refractivity contribution >= 4 is 81.0 Å². The number of fused-ring (bicyclic) bond motifs is 3. The number of halogens is 2. The molecule has 0 aliphatic heterocycles. The van der Waals surface area contributed by atoms with Gasteiger partial charge in [-0.05, 0) is 50.2 Å². The van der Waals surface area contributed by atoms with E-state index in [1.807, 2.05) is 12.1 Å². The number of hydrogen-bond donors (Lipinski definition) is 2. The predicted molar refractivity (Wildman–Crippen MR) is 163 cm³/mol. The van der Waals surface area contributed by atoms with Crippen molar-refractivity contribution in [1.82, 2.24) is 0 Å². The first-order valence-corrected chi connectivity index (χ1v) is 11.3. The van der Waals surface area contributed by atoms with Crippen molar-refractivity contribution in [3.8, 4) is 11.3 Å². The number of anilines is 2. The van der Waals surface area contributed by atoms with Gasteiger partial charge in [-0.3, -0.25) is 0 Å². The zero-order valence-corrected chi connectivity index (χ0v) is 24.4. The first kappa shape index (κ1) is 27.6. The average molecular weight is 670 g/mol. The first-order valence-electron chi connectivity index (χ1n) is 11.3. The van der Waals surface area contributed by atoms with Gasteiger partial charge in [0.05, 0.1) is 43.9 Å². The van der Waals surface area contributed by atoms with Crippen LogP contribution in [0.4, 0.5) is 11.4 Å². The number of nitrogens with zero attached hydrogens (tertiary/aromatic N) is 2. The van der Waals surface area contributed by atoms with E-state index in [9.17, 15) is 0 Å². The van der Waals surface area contributed by atoms with Gasteiger partial charge in [-0.25, -0.2) is 0 Å². The zero-order valence-electron chi connectivity index (χ0n) is 19.8. The molecule has 4 aromatic rings. The SMILES string of the molecule is CC[N+](C)(CC)CCC[n+]1c(-c2ccccc2)c2cc(N)ccc2c2ccc(N)cc21.I.I. The largest absolute Gasteiger partial charge is 0.399 e. The second-order valence-electron chi connectivity index (χ2n) is 8.78. The Hall–Kier alpha value is -1.65. The molecule has 0 radical (unpaired) electrons. The lowest BCUT2D eigenvalue weighted by molar-refractivity contribution is -0.908. The molecule has 0 atom stereocenters. The third-order valence-corrected chi connectivity index (χ3v) is 6.83. The molecule has 0 unspecified atom stereocenters. The summed E-state index contributed by atoms with van der Waals surface area (Å²) in [6.07, 6.45) is 1.10. The van der Waals surface area contributed by atoms with Crippen LogP contribution >= 0.6 is 48.0 Å². The molecule has 4 rings (SSSR count). The van der Waals surface area contributed by atoms with Gasteiger partial charge in [0, 0.05) is 28.4 Å². The molecule has 0 saturated carbocycles. The summed E-state index contributed by atoms with van der Waals surface area (Å²) < 4.78 is 3.54. The minimum Gasteiger partial charge on any atom is -0.399 e. The standard InChI is InChI=1S/C27H33N4.2HI/c1-4-31(3,5-2)17-9-16-30-26-19-22(29)13-15-24(26)23-14-12-21(28)18-25(23)27(30)20-10-7-6-8-11-20;;/h6-8,10-15,18-19,29H,4-5,9,16-17,28H2,1-3H3;2*1H/q+1;;/p+1. The van der Waals surface area contributed by atoms with Gasteiger partial charge in [-0.15, -0.1) is 48.0 Å². The number of pyridine rings is 1. The third-order valence-electron chi connectivity index (χ3n) is 6.83. The summed E-state index contributed by atoms with van der Waals surface area (Å²) >= 11 is 0. The van der Waals surface area contributed by atoms with E-state index in [0.717, 1.165) is 48.5 Å². The molecule has 1 heterocycles. The van der Waals surface area contributed by atoms with Gasteiger partial charge in [-0.1, -0.05) is 24.3 Å². The van der Waals surface area contributed by atoms with Crippen molar-refractivity contribution in [2.24, 2.45) is 0 Å². The van der Waals surface area contributed by atoms with Crippen LogP contribution in [0, 0.1) is 0 Å². The van der Waals surface area contributed by atoms with E-state index >= 15 is 0 Å². The number of benzene rings is 3. The quantitative estimate of drug-likeness (QED) is 0.0807. The number of nitrogens with two attached hydrogens (primary N) is 2. The summed E-state index contributed by atoms with van der Waals surface area (Å²) in [7, 11) is 2.35. The molecule has 0 bridgehead atoms. The van der Waals surface area contributed by atoms with Crippen molar-refractivity contribution in [2.75, 3.05) is 38.1 Å².